The van der Waals surface area contributed by atoms with Gasteiger partial charge in [-0.3, -0.25) is 4.98 Å². The Morgan fingerprint density at radius 1 is 1.47 bits per heavy atom. The van der Waals surface area contributed by atoms with Gasteiger partial charge < -0.3 is 5.11 Å². The average molecular weight is 205 g/mol. The summed E-state index contributed by atoms with van der Waals surface area (Å²) >= 11 is 0. The third kappa shape index (κ3) is 2.37. The van der Waals surface area contributed by atoms with Crippen LogP contribution in [-0.4, -0.2) is 15.7 Å². The summed E-state index contributed by atoms with van der Waals surface area (Å²) in [5.74, 6) is 0.397. The fourth-order valence-electron chi connectivity index (χ4n) is 2.48. The van der Waals surface area contributed by atoms with E-state index in [-0.39, 0.29) is 0 Å². The normalized spacial score (nSPS) is 31.5. The van der Waals surface area contributed by atoms with Crippen molar-refractivity contribution >= 4 is 0 Å². The van der Waals surface area contributed by atoms with Gasteiger partial charge in [-0.1, -0.05) is 25.8 Å². The van der Waals surface area contributed by atoms with E-state index < -0.39 is 5.60 Å². The molecule has 0 bridgehead atoms. The molecular weight excluding hydrogens is 186 g/mol. The number of aliphatic hydroxyl groups is 1. The SMILES string of the molecule is CC1CCCCC1(O)Cc1ccccn1. The molecule has 1 aromatic rings. The van der Waals surface area contributed by atoms with Gasteiger partial charge in [-0.2, -0.15) is 0 Å². The third-order valence-corrected chi connectivity index (χ3v) is 3.63. The van der Waals surface area contributed by atoms with Crippen LogP contribution in [-0.2, 0) is 6.42 Å². The molecule has 0 saturated heterocycles. The number of aromatic nitrogens is 1. The predicted octanol–water partition coefficient (Wildman–Crippen LogP) is 2.57. The van der Waals surface area contributed by atoms with Crippen LogP contribution in [0.25, 0.3) is 0 Å². The summed E-state index contributed by atoms with van der Waals surface area (Å²) in [4.78, 5) is 4.29. The van der Waals surface area contributed by atoms with Crippen molar-refractivity contribution in [2.45, 2.75) is 44.6 Å². The minimum absolute atomic E-state index is 0.397. The highest BCUT2D eigenvalue weighted by atomic mass is 16.3. The fourth-order valence-corrected chi connectivity index (χ4v) is 2.48. The zero-order valence-electron chi connectivity index (χ0n) is 9.32. The maximum Gasteiger partial charge on any atom is 0.0728 e. The van der Waals surface area contributed by atoms with Crippen LogP contribution in [0.2, 0.25) is 0 Å². The minimum Gasteiger partial charge on any atom is -0.389 e. The second-order valence-electron chi connectivity index (χ2n) is 4.75. The molecule has 1 aromatic heterocycles. The maximum absolute atomic E-state index is 10.6. The largest absolute Gasteiger partial charge is 0.389 e. The van der Waals surface area contributed by atoms with Crippen LogP contribution in [0.15, 0.2) is 24.4 Å². The molecule has 1 fully saturated rings. The molecule has 0 aliphatic heterocycles. The monoisotopic (exact) mass is 205 g/mol. The van der Waals surface area contributed by atoms with Gasteiger partial charge in [-0.25, -0.2) is 0 Å². The Bertz CT molecular complexity index is 312. The smallest absolute Gasteiger partial charge is 0.0728 e. The van der Waals surface area contributed by atoms with Crippen molar-refractivity contribution in [3.8, 4) is 0 Å². The molecule has 2 atom stereocenters. The summed E-state index contributed by atoms with van der Waals surface area (Å²) in [5.41, 5.74) is 0.487. The van der Waals surface area contributed by atoms with E-state index in [9.17, 15) is 5.11 Å². The molecular formula is C13H19NO. The molecule has 1 aliphatic rings. The highest BCUT2D eigenvalue weighted by molar-refractivity contribution is 5.08. The van der Waals surface area contributed by atoms with Crippen molar-refractivity contribution in [2.24, 2.45) is 5.92 Å². The second-order valence-corrected chi connectivity index (χ2v) is 4.75. The quantitative estimate of drug-likeness (QED) is 0.805. The molecule has 1 N–H and O–H groups in total. The van der Waals surface area contributed by atoms with Crippen LogP contribution in [0.3, 0.4) is 0 Å². The number of hydrogen-bond donors (Lipinski definition) is 1. The van der Waals surface area contributed by atoms with Crippen LogP contribution < -0.4 is 0 Å². The first-order chi connectivity index (χ1) is 7.21. The van der Waals surface area contributed by atoms with Crippen LogP contribution in [0.1, 0.15) is 38.3 Å². The Hall–Kier alpha value is -0.890. The minimum atomic E-state index is -0.521. The molecule has 1 aliphatic carbocycles. The number of pyridine rings is 1. The molecule has 0 spiro atoms. The Morgan fingerprint density at radius 3 is 3.00 bits per heavy atom. The highest BCUT2D eigenvalue weighted by Crippen LogP contribution is 2.35. The van der Waals surface area contributed by atoms with E-state index in [1.165, 1.54) is 6.42 Å². The van der Waals surface area contributed by atoms with Gasteiger partial charge >= 0.3 is 0 Å². The van der Waals surface area contributed by atoms with Crippen molar-refractivity contribution in [3.63, 3.8) is 0 Å². The number of rotatable bonds is 2. The fraction of sp³-hybridized carbons (Fsp3) is 0.615. The van der Waals surface area contributed by atoms with Gasteiger partial charge in [-0.15, -0.1) is 0 Å². The van der Waals surface area contributed by atoms with Gasteiger partial charge in [0.1, 0.15) is 0 Å². The van der Waals surface area contributed by atoms with Crippen molar-refractivity contribution in [1.29, 1.82) is 0 Å². The van der Waals surface area contributed by atoms with E-state index in [1.807, 2.05) is 18.2 Å². The summed E-state index contributed by atoms with van der Waals surface area (Å²) in [6, 6.07) is 5.90. The lowest BCUT2D eigenvalue weighted by atomic mass is 9.74. The van der Waals surface area contributed by atoms with Gasteiger partial charge in [0, 0.05) is 18.3 Å². The molecule has 0 radical (unpaired) electrons. The van der Waals surface area contributed by atoms with Crippen LogP contribution in [0, 0.1) is 5.92 Å². The third-order valence-electron chi connectivity index (χ3n) is 3.63. The lowest BCUT2D eigenvalue weighted by Gasteiger charge is -2.38. The van der Waals surface area contributed by atoms with Crippen molar-refractivity contribution in [3.05, 3.63) is 30.1 Å². The molecule has 2 unspecified atom stereocenters. The lowest BCUT2D eigenvalue weighted by Crippen LogP contribution is -2.41. The van der Waals surface area contributed by atoms with E-state index in [0.29, 0.717) is 12.3 Å². The summed E-state index contributed by atoms with van der Waals surface area (Å²) < 4.78 is 0. The summed E-state index contributed by atoms with van der Waals surface area (Å²) in [7, 11) is 0. The first-order valence-corrected chi connectivity index (χ1v) is 5.83. The standard InChI is InChI=1S/C13H19NO/c1-11-6-2-4-8-13(11,15)10-12-7-3-5-9-14-12/h3,5,7,9,11,15H,2,4,6,8,10H2,1H3. The molecule has 15 heavy (non-hydrogen) atoms. The Morgan fingerprint density at radius 2 is 2.33 bits per heavy atom. The molecule has 1 heterocycles. The molecule has 0 aromatic carbocycles. The van der Waals surface area contributed by atoms with E-state index in [4.69, 9.17) is 0 Å². The first kappa shape index (κ1) is 10.6. The van der Waals surface area contributed by atoms with Crippen molar-refractivity contribution in [1.82, 2.24) is 4.98 Å². The van der Waals surface area contributed by atoms with Gasteiger partial charge in [-0.05, 0) is 30.9 Å². The Balaban J connectivity index is 2.09. The van der Waals surface area contributed by atoms with Crippen LogP contribution in [0.5, 0.6) is 0 Å². The Labute approximate surface area is 91.4 Å². The second kappa shape index (κ2) is 4.31. The van der Waals surface area contributed by atoms with E-state index in [1.54, 1.807) is 6.20 Å². The predicted molar refractivity (Wildman–Crippen MR) is 60.5 cm³/mol. The molecule has 82 valence electrons. The van der Waals surface area contributed by atoms with Gasteiger partial charge in [0.15, 0.2) is 0 Å². The topological polar surface area (TPSA) is 33.1 Å². The van der Waals surface area contributed by atoms with Gasteiger partial charge in [0.05, 0.1) is 5.60 Å². The molecule has 2 rings (SSSR count). The Kier molecular flexibility index (Phi) is 3.06. The van der Waals surface area contributed by atoms with E-state index in [2.05, 4.69) is 11.9 Å². The number of nitrogens with zero attached hydrogens (tertiary/aromatic N) is 1. The van der Waals surface area contributed by atoms with Crippen molar-refractivity contribution in [2.75, 3.05) is 0 Å². The average Bonchev–Trinajstić information content (AvgIpc) is 2.24. The molecule has 2 heteroatoms. The molecule has 1 saturated carbocycles. The van der Waals surface area contributed by atoms with Crippen molar-refractivity contribution < 1.29 is 5.11 Å². The summed E-state index contributed by atoms with van der Waals surface area (Å²) in [5, 5.41) is 10.6. The van der Waals surface area contributed by atoms with E-state index >= 15 is 0 Å². The zero-order chi connectivity index (χ0) is 10.7. The van der Waals surface area contributed by atoms with Crippen LogP contribution in [0.4, 0.5) is 0 Å². The lowest BCUT2D eigenvalue weighted by molar-refractivity contribution is -0.0412. The maximum atomic E-state index is 10.6. The van der Waals surface area contributed by atoms with E-state index in [0.717, 1.165) is 25.0 Å². The first-order valence-electron chi connectivity index (χ1n) is 5.83. The zero-order valence-corrected chi connectivity index (χ0v) is 9.32. The molecule has 2 nitrogen and oxygen atoms in total. The van der Waals surface area contributed by atoms with Gasteiger partial charge in [0.25, 0.3) is 0 Å². The summed E-state index contributed by atoms with van der Waals surface area (Å²) in [6.45, 7) is 2.15. The molecule has 0 amide bonds. The number of hydrogen-bond acceptors (Lipinski definition) is 2. The van der Waals surface area contributed by atoms with Gasteiger partial charge in [0.2, 0.25) is 0 Å². The van der Waals surface area contributed by atoms with Crippen LogP contribution >= 0.6 is 0 Å². The highest BCUT2D eigenvalue weighted by Gasteiger charge is 2.36. The summed E-state index contributed by atoms with van der Waals surface area (Å²) in [6.07, 6.45) is 6.97.